The molecule has 4 rings (SSSR count). The summed E-state index contributed by atoms with van der Waals surface area (Å²) in [6, 6.07) is 18.6. The van der Waals surface area contributed by atoms with Crippen molar-refractivity contribution >= 4 is 16.9 Å². The largest absolute Gasteiger partial charge is 0.481 e. The average Bonchev–Trinajstić information content (AvgIpc) is 3.26. The molecule has 0 aliphatic carbocycles. The Morgan fingerprint density at radius 1 is 1.03 bits per heavy atom. The van der Waals surface area contributed by atoms with Gasteiger partial charge in [0, 0.05) is 26.3 Å². The molecule has 0 spiro atoms. The number of hydrogen-bond donors (Lipinski definition) is 2. The minimum Gasteiger partial charge on any atom is -0.481 e. The highest BCUT2D eigenvalue weighted by atomic mass is 16.5. The molecule has 1 amide bonds. The molecule has 32 heavy (non-hydrogen) atoms. The van der Waals surface area contributed by atoms with Crippen LogP contribution in [0.3, 0.4) is 0 Å². The van der Waals surface area contributed by atoms with Gasteiger partial charge in [-0.3, -0.25) is 18.7 Å². The van der Waals surface area contributed by atoms with Crippen molar-refractivity contribution in [3.8, 4) is 17.0 Å². The van der Waals surface area contributed by atoms with E-state index in [1.807, 2.05) is 42.5 Å². The Morgan fingerprint density at radius 3 is 2.41 bits per heavy atom. The van der Waals surface area contributed by atoms with Gasteiger partial charge in [-0.05, 0) is 48.4 Å². The van der Waals surface area contributed by atoms with Crippen LogP contribution in [0.1, 0.15) is 12.5 Å². The zero-order valence-electron chi connectivity index (χ0n) is 18.1. The third kappa shape index (κ3) is 4.07. The van der Waals surface area contributed by atoms with Gasteiger partial charge in [-0.1, -0.05) is 30.3 Å². The summed E-state index contributed by atoms with van der Waals surface area (Å²) in [5, 5.41) is 2.86. The lowest BCUT2D eigenvalue weighted by Crippen LogP contribution is -2.36. The Hall–Kier alpha value is -4.07. The fourth-order valence-corrected chi connectivity index (χ4v) is 3.51. The number of H-pyrrole nitrogens is 1. The highest BCUT2D eigenvalue weighted by molar-refractivity contribution is 5.82. The van der Waals surface area contributed by atoms with Crippen molar-refractivity contribution in [1.82, 2.24) is 19.4 Å². The molecule has 0 radical (unpaired) electrons. The van der Waals surface area contributed by atoms with Gasteiger partial charge in [-0.2, -0.15) is 0 Å². The fourth-order valence-electron chi connectivity index (χ4n) is 3.51. The zero-order valence-corrected chi connectivity index (χ0v) is 18.1. The molecule has 1 unspecified atom stereocenters. The van der Waals surface area contributed by atoms with Gasteiger partial charge in [0.1, 0.15) is 11.3 Å². The van der Waals surface area contributed by atoms with Gasteiger partial charge in [-0.15, -0.1) is 0 Å². The number of aryl methyl sites for hydroxylation is 1. The minimum atomic E-state index is -0.657. The topological polar surface area (TPSA) is 98.1 Å². The van der Waals surface area contributed by atoms with Gasteiger partial charge in [0.25, 0.3) is 11.5 Å². The van der Waals surface area contributed by atoms with Gasteiger partial charge in [-0.25, -0.2) is 4.79 Å². The van der Waals surface area contributed by atoms with Gasteiger partial charge in [0.05, 0.1) is 5.52 Å². The van der Waals surface area contributed by atoms with Crippen LogP contribution in [0.2, 0.25) is 0 Å². The molecule has 0 saturated heterocycles. The van der Waals surface area contributed by atoms with Crippen molar-refractivity contribution in [3.05, 3.63) is 87.1 Å². The van der Waals surface area contributed by atoms with E-state index >= 15 is 0 Å². The number of nitrogens with zero attached hydrogens (tertiary/aromatic N) is 2. The standard InChI is InChI=1S/C24H24N4O4/c1-15(22(29)25-14-16-7-5-4-6-8-16)32-18-11-9-17(10-12-18)19-13-20-21(26-19)23(30)28(3)24(31)27(20)2/h4-13,15,26H,14H2,1-3H3,(H,25,29). The van der Waals surface area contributed by atoms with Crippen molar-refractivity contribution in [2.45, 2.75) is 19.6 Å². The second-order valence-corrected chi connectivity index (χ2v) is 7.64. The van der Waals surface area contributed by atoms with Crippen LogP contribution in [0.4, 0.5) is 0 Å². The number of nitrogens with one attached hydrogen (secondary N) is 2. The van der Waals surface area contributed by atoms with E-state index in [0.717, 1.165) is 15.7 Å². The molecule has 4 aromatic rings. The molecule has 8 nitrogen and oxygen atoms in total. The number of fused-ring (bicyclic) bond motifs is 1. The quantitative estimate of drug-likeness (QED) is 0.489. The van der Waals surface area contributed by atoms with Crippen LogP contribution in [0, 0.1) is 0 Å². The molecule has 2 N–H and O–H groups in total. The first kappa shape index (κ1) is 21.2. The molecular formula is C24H24N4O4. The van der Waals surface area contributed by atoms with Crippen molar-refractivity contribution in [2.24, 2.45) is 14.1 Å². The number of carbonyl (C=O) groups excluding carboxylic acids is 1. The van der Waals surface area contributed by atoms with Crippen LogP contribution < -0.4 is 21.3 Å². The molecule has 0 saturated carbocycles. The van der Waals surface area contributed by atoms with Gasteiger partial charge in [0.15, 0.2) is 6.10 Å². The Morgan fingerprint density at radius 2 is 1.72 bits per heavy atom. The number of ether oxygens (including phenoxy) is 1. The lowest BCUT2D eigenvalue weighted by atomic mass is 10.1. The second kappa shape index (κ2) is 8.58. The Bertz CT molecular complexity index is 1380. The van der Waals surface area contributed by atoms with Crippen LogP contribution >= 0.6 is 0 Å². The van der Waals surface area contributed by atoms with E-state index < -0.39 is 6.10 Å². The summed E-state index contributed by atoms with van der Waals surface area (Å²) in [4.78, 5) is 40.0. The van der Waals surface area contributed by atoms with E-state index in [-0.39, 0.29) is 17.2 Å². The number of benzene rings is 2. The molecule has 1 atom stereocenters. The first-order valence-electron chi connectivity index (χ1n) is 10.2. The number of hydrogen-bond acceptors (Lipinski definition) is 4. The lowest BCUT2D eigenvalue weighted by Gasteiger charge is -2.15. The van der Waals surface area contributed by atoms with Crippen LogP contribution in [-0.2, 0) is 25.4 Å². The smallest absolute Gasteiger partial charge is 0.331 e. The number of rotatable bonds is 6. The Kier molecular flexibility index (Phi) is 5.68. The number of aromatic nitrogens is 3. The molecule has 2 heterocycles. The predicted molar refractivity (Wildman–Crippen MR) is 123 cm³/mol. The monoisotopic (exact) mass is 432 g/mol. The number of aromatic amines is 1. The van der Waals surface area contributed by atoms with E-state index in [2.05, 4.69) is 10.3 Å². The lowest BCUT2D eigenvalue weighted by molar-refractivity contribution is -0.127. The molecule has 2 aromatic heterocycles. The molecule has 0 bridgehead atoms. The molecule has 164 valence electrons. The van der Waals surface area contributed by atoms with Crippen LogP contribution in [0.5, 0.6) is 5.75 Å². The van der Waals surface area contributed by atoms with Crippen molar-refractivity contribution in [2.75, 3.05) is 0 Å². The fraction of sp³-hybridized carbons (Fsp3) is 0.208. The van der Waals surface area contributed by atoms with E-state index in [1.54, 1.807) is 32.2 Å². The summed E-state index contributed by atoms with van der Waals surface area (Å²) >= 11 is 0. The maximum absolute atomic E-state index is 12.4. The average molecular weight is 432 g/mol. The van der Waals surface area contributed by atoms with E-state index in [0.29, 0.717) is 29.0 Å². The zero-order chi connectivity index (χ0) is 22.8. The van der Waals surface area contributed by atoms with E-state index in [9.17, 15) is 14.4 Å². The first-order chi connectivity index (χ1) is 15.3. The van der Waals surface area contributed by atoms with Gasteiger partial charge >= 0.3 is 5.69 Å². The summed E-state index contributed by atoms with van der Waals surface area (Å²) < 4.78 is 8.27. The SMILES string of the molecule is CC(Oc1ccc(-c2cc3c([nH]2)c(=O)n(C)c(=O)n3C)cc1)C(=O)NCc1ccccc1. The summed E-state index contributed by atoms with van der Waals surface area (Å²) in [6.07, 6.45) is -0.657. The Balaban J connectivity index is 1.47. The minimum absolute atomic E-state index is 0.203. The van der Waals surface area contributed by atoms with Crippen molar-refractivity contribution in [1.29, 1.82) is 0 Å². The molecule has 0 aliphatic heterocycles. The summed E-state index contributed by atoms with van der Waals surface area (Å²) in [5.41, 5.74) is 2.71. The van der Waals surface area contributed by atoms with E-state index in [4.69, 9.17) is 4.74 Å². The van der Waals surface area contributed by atoms with Gasteiger partial charge < -0.3 is 15.0 Å². The van der Waals surface area contributed by atoms with Crippen molar-refractivity contribution in [3.63, 3.8) is 0 Å². The summed E-state index contributed by atoms with van der Waals surface area (Å²) in [5.74, 6) is 0.348. The molecular weight excluding hydrogens is 408 g/mol. The second-order valence-electron chi connectivity index (χ2n) is 7.64. The maximum atomic E-state index is 12.4. The summed E-state index contributed by atoms with van der Waals surface area (Å²) in [7, 11) is 3.08. The predicted octanol–water partition coefficient (Wildman–Crippen LogP) is 2.32. The maximum Gasteiger partial charge on any atom is 0.331 e. The molecule has 0 fully saturated rings. The van der Waals surface area contributed by atoms with Crippen LogP contribution in [0.25, 0.3) is 22.3 Å². The Labute approximate surface area is 184 Å². The van der Waals surface area contributed by atoms with Gasteiger partial charge in [0.2, 0.25) is 0 Å². The summed E-state index contributed by atoms with van der Waals surface area (Å²) in [6.45, 7) is 2.14. The molecule has 8 heteroatoms. The highest BCUT2D eigenvalue weighted by Gasteiger charge is 2.15. The normalized spacial score (nSPS) is 12.0. The van der Waals surface area contributed by atoms with Crippen LogP contribution in [-0.4, -0.2) is 26.1 Å². The highest BCUT2D eigenvalue weighted by Crippen LogP contribution is 2.24. The first-order valence-corrected chi connectivity index (χ1v) is 10.2. The third-order valence-corrected chi connectivity index (χ3v) is 5.41. The van der Waals surface area contributed by atoms with E-state index in [1.165, 1.54) is 11.6 Å². The molecule has 0 aliphatic rings. The third-order valence-electron chi connectivity index (χ3n) is 5.41. The number of carbonyl (C=O) groups is 1. The molecule has 2 aromatic carbocycles. The number of amides is 1. The van der Waals surface area contributed by atoms with Crippen LogP contribution in [0.15, 0.2) is 70.3 Å². The van der Waals surface area contributed by atoms with Crippen molar-refractivity contribution < 1.29 is 9.53 Å².